The first-order chi connectivity index (χ1) is 5.72. The summed E-state index contributed by atoms with van der Waals surface area (Å²) in [6, 6.07) is 0. The number of hydrogen-bond donors (Lipinski definition) is 0. The van der Waals surface area contributed by atoms with Crippen molar-refractivity contribution in [1.82, 2.24) is 0 Å². The Hall–Kier alpha value is 0. The minimum atomic E-state index is 0.746. The Balaban J connectivity index is 2.15. The Bertz CT molecular complexity index is 161. The predicted octanol–water partition coefficient (Wildman–Crippen LogP) is 4.00. The van der Waals surface area contributed by atoms with E-state index in [0.717, 1.165) is 17.3 Å². The van der Waals surface area contributed by atoms with Gasteiger partial charge in [-0.2, -0.15) is 0 Å². The van der Waals surface area contributed by atoms with Gasteiger partial charge in [0.25, 0.3) is 0 Å². The summed E-state index contributed by atoms with van der Waals surface area (Å²) in [5.41, 5.74) is 0.746. The van der Waals surface area contributed by atoms with Crippen molar-refractivity contribution in [3.8, 4) is 0 Å². The maximum absolute atomic E-state index is 2.55. The molecule has 2 rings (SSSR count). The average molecular weight is 166 g/mol. The molecule has 0 nitrogen and oxygen atoms in total. The third-order valence-corrected chi connectivity index (χ3v) is 4.50. The van der Waals surface area contributed by atoms with Gasteiger partial charge in [0, 0.05) is 0 Å². The molecule has 0 aromatic heterocycles. The van der Waals surface area contributed by atoms with Gasteiger partial charge in [-0.1, -0.05) is 39.5 Å². The van der Waals surface area contributed by atoms with Crippen molar-refractivity contribution in [1.29, 1.82) is 0 Å². The number of fused-ring (bicyclic) bond motifs is 1. The van der Waals surface area contributed by atoms with E-state index in [4.69, 9.17) is 0 Å². The van der Waals surface area contributed by atoms with Gasteiger partial charge >= 0.3 is 0 Å². The zero-order valence-electron chi connectivity index (χ0n) is 8.60. The monoisotopic (exact) mass is 166 g/mol. The molecule has 12 heavy (non-hydrogen) atoms. The Morgan fingerprint density at radius 2 is 1.75 bits per heavy atom. The van der Waals surface area contributed by atoms with Crippen LogP contribution in [0.5, 0.6) is 0 Å². The Kier molecular flexibility index (Phi) is 2.18. The van der Waals surface area contributed by atoms with E-state index in [1.807, 2.05) is 0 Å². The molecule has 0 radical (unpaired) electrons. The molecule has 70 valence electrons. The lowest BCUT2D eigenvalue weighted by Gasteiger charge is -2.33. The topological polar surface area (TPSA) is 0 Å². The first-order valence-corrected chi connectivity index (χ1v) is 5.72. The van der Waals surface area contributed by atoms with Gasteiger partial charge in [-0.25, -0.2) is 0 Å². The fourth-order valence-corrected chi connectivity index (χ4v) is 3.74. The molecular formula is C12H22. The summed E-state index contributed by atoms with van der Waals surface area (Å²) in [6.07, 6.45) is 10.6. The van der Waals surface area contributed by atoms with E-state index in [9.17, 15) is 0 Å². The molecular weight excluding hydrogens is 144 g/mol. The lowest BCUT2D eigenvalue weighted by molar-refractivity contribution is 0.167. The van der Waals surface area contributed by atoms with Crippen LogP contribution in [0.25, 0.3) is 0 Å². The van der Waals surface area contributed by atoms with E-state index in [1.54, 1.807) is 0 Å². The zero-order chi connectivity index (χ0) is 8.60. The van der Waals surface area contributed by atoms with E-state index < -0.39 is 0 Å². The smallest absolute Gasteiger partial charge is 0.0295 e. The largest absolute Gasteiger partial charge is 0.0622 e. The summed E-state index contributed by atoms with van der Waals surface area (Å²) in [5, 5.41) is 0. The van der Waals surface area contributed by atoms with Crippen molar-refractivity contribution < 1.29 is 0 Å². The van der Waals surface area contributed by atoms with E-state index in [2.05, 4.69) is 13.8 Å². The van der Waals surface area contributed by atoms with Crippen LogP contribution in [-0.4, -0.2) is 0 Å². The third-order valence-electron chi connectivity index (χ3n) is 4.50. The van der Waals surface area contributed by atoms with Crippen molar-refractivity contribution in [2.45, 2.75) is 58.8 Å². The Labute approximate surface area is 76.7 Å². The molecule has 0 saturated heterocycles. The van der Waals surface area contributed by atoms with Crippen molar-refractivity contribution in [3.63, 3.8) is 0 Å². The van der Waals surface area contributed by atoms with Crippen LogP contribution in [0.2, 0.25) is 0 Å². The lowest BCUT2D eigenvalue weighted by atomic mass is 9.72. The summed E-state index contributed by atoms with van der Waals surface area (Å²) in [7, 11) is 0. The van der Waals surface area contributed by atoms with Crippen LogP contribution >= 0.6 is 0 Å². The SMILES string of the molecule is CC1CCCCC2(C)CCCC12. The van der Waals surface area contributed by atoms with Crippen molar-refractivity contribution in [2.75, 3.05) is 0 Å². The standard InChI is InChI=1S/C12H22/c1-10-6-3-4-8-12(2)9-5-7-11(10)12/h10-11H,3-9H2,1-2H3. The molecule has 2 saturated carbocycles. The van der Waals surface area contributed by atoms with Gasteiger partial charge in [0.15, 0.2) is 0 Å². The molecule has 0 aliphatic heterocycles. The van der Waals surface area contributed by atoms with Crippen LogP contribution in [0.3, 0.4) is 0 Å². The highest BCUT2D eigenvalue weighted by Gasteiger charge is 2.41. The highest BCUT2D eigenvalue weighted by molar-refractivity contribution is 4.92. The summed E-state index contributed by atoms with van der Waals surface area (Å²) < 4.78 is 0. The Morgan fingerprint density at radius 3 is 2.58 bits per heavy atom. The minimum Gasteiger partial charge on any atom is -0.0622 e. The summed E-state index contributed by atoms with van der Waals surface area (Å²) >= 11 is 0. The minimum absolute atomic E-state index is 0.746. The summed E-state index contributed by atoms with van der Waals surface area (Å²) in [5.74, 6) is 2.08. The van der Waals surface area contributed by atoms with Crippen LogP contribution in [0.1, 0.15) is 58.8 Å². The molecule has 0 heterocycles. The second-order valence-corrected chi connectivity index (χ2v) is 5.38. The second-order valence-electron chi connectivity index (χ2n) is 5.38. The molecule has 0 bridgehead atoms. The van der Waals surface area contributed by atoms with Gasteiger partial charge in [0.1, 0.15) is 0 Å². The predicted molar refractivity (Wildman–Crippen MR) is 53.1 cm³/mol. The average Bonchev–Trinajstić information content (AvgIpc) is 2.36. The van der Waals surface area contributed by atoms with Gasteiger partial charge in [0.05, 0.1) is 0 Å². The fraction of sp³-hybridized carbons (Fsp3) is 1.00. The molecule has 0 heteroatoms. The van der Waals surface area contributed by atoms with Gasteiger partial charge in [-0.3, -0.25) is 0 Å². The number of rotatable bonds is 0. The van der Waals surface area contributed by atoms with Crippen molar-refractivity contribution in [3.05, 3.63) is 0 Å². The van der Waals surface area contributed by atoms with Gasteiger partial charge in [0.2, 0.25) is 0 Å². The molecule has 0 N–H and O–H groups in total. The molecule has 2 fully saturated rings. The van der Waals surface area contributed by atoms with E-state index in [0.29, 0.717) is 0 Å². The van der Waals surface area contributed by atoms with E-state index in [-0.39, 0.29) is 0 Å². The molecule has 0 spiro atoms. The molecule has 3 atom stereocenters. The van der Waals surface area contributed by atoms with Crippen LogP contribution in [0.4, 0.5) is 0 Å². The molecule has 3 unspecified atom stereocenters. The molecule has 0 amide bonds. The van der Waals surface area contributed by atoms with Crippen LogP contribution in [0.15, 0.2) is 0 Å². The summed E-state index contributed by atoms with van der Waals surface area (Å²) in [4.78, 5) is 0. The molecule has 2 aliphatic rings. The van der Waals surface area contributed by atoms with Crippen molar-refractivity contribution in [2.24, 2.45) is 17.3 Å². The molecule has 2 aliphatic carbocycles. The van der Waals surface area contributed by atoms with Crippen LogP contribution in [-0.2, 0) is 0 Å². The quantitative estimate of drug-likeness (QED) is 0.510. The Morgan fingerprint density at radius 1 is 1.00 bits per heavy atom. The van der Waals surface area contributed by atoms with Crippen molar-refractivity contribution >= 4 is 0 Å². The zero-order valence-corrected chi connectivity index (χ0v) is 8.60. The van der Waals surface area contributed by atoms with E-state index >= 15 is 0 Å². The van der Waals surface area contributed by atoms with E-state index in [1.165, 1.54) is 44.9 Å². The molecule has 0 aromatic carbocycles. The fourth-order valence-electron chi connectivity index (χ4n) is 3.74. The number of hydrogen-bond acceptors (Lipinski definition) is 0. The highest BCUT2D eigenvalue weighted by atomic mass is 14.5. The lowest BCUT2D eigenvalue weighted by Crippen LogP contribution is -2.24. The van der Waals surface area contributed by atoms with Crippen LogP contribution in [0, 0.1) is 17.3 Å². The maximum atomic E-state index is 2.55. The van der Waals surface area contributed by atoms with Crippen LogP contribution < -0.4 is 0 Å². The summed E-state index contributed by atoms with van der Waals surface area (Å²) in [6.45, 7) is 5.03. The van der Waals surface area contributed by atoms with Gasteiger partial charge in [-0.15, -0.1) is 0 Å². The highest BCUT2D eigenvalue weighted by Crippen LogP contribution is 2.52. The molecule has 0 aromatic rings. The van der Waals surface area contributed by atoms with Gasteiger partial charge < -0.3 is 0 Å². The second kappa shape index (κ2) is 3.05. The normalized spacial score (nSPS) is 48.5. The first kappa shape index (κ1) is 8.59. The first-order valence-electron chi connectivity index (χ1n) is 5.72. The third kappa shape index (κ3) is 1.30. The maximum Gasteiger partial charge on any atom is -0.0295 e. The van der Waals surface area contributed by atoms with Gasteiger partial charge in [-0.05, 0) is 36.5 Å².